The highest BCUT2D eigenvalue weighted by Crippen LogP contribution is 2.06. The zero-order valence-electron chi connectivity index (χ0n) is 5.58. The molecular formula is C6H9N3O. The average molecular weight is 139 g/mol. The minimum absolute atomic E-state index is 0.0521. The maximum atomic E-state index is 11.0. The van der Waals surface area contributed by atoms with Crippen molar-refractivity contribution in [2.24, 2.45) is 4.99 Å². The van der Waals surface area contributed by atoms with E-state index in [0.29, 0.717) is 0 Å². The van der Waals surface area contributed by atoms with E-state index in [0.717, 1.165) is 19.6 Å². The van der Waals surface area contributed by atoms with Gasteiger partial charge in [-0.15, -0.1) is 0 Å². The van der Waals surface area contributed by atoms with Crippen molar-refractivity contribution in [3.8, 4) is 0 Å². The van der Waals surface area contributed by atoms with Crippen LogP contribution in [0, 0.1) is 0 Å². The molecule has 1 unspecified atom stereocenters. The van der Waals surface area contributed by atoms with Gasteiger partial charge in [-0.3, -0.25) is 15.0 Å². The third kappa shape index (κ3) is 0.767. The average Bonchev–Trinajstić information content (AvgIpc) is 2.36. The second kappa shape index (κ2) is 2.14. The zero-order valence-corrected chi connectivity index (χ0v) is 5.58. The van der Waals surface area contributed by atoms with Crippen LogP contribution in [-0.2, 0) is 4.79 Å². The SMILES string of the molecule is O=C1N=CCN2CCNC12. The molecule has 0 aliphatic carbocycles. The largest absolute Gasteiger partial charge is 0.292 e. The van der Waals surface area contributed by atoms with Crippen LogP contribution in [-0.4, -0.2) is 42.8 Å². The molecule has 1 atom stereocenters. The molecule has 0 aromatic carbocycles. The van der Waals surface area contributed by atoms with Crippen molar-refractivity contribution in [1.29, 1.82) is 0 Å². The van der Waals surface area contributed by atoms with Crippen LogP contribution in [0.5, 0.6) is 0 Å². The Bertz CT molecular complexity index is 189. The Balaban J connectivity index is 2.20. The number of hydrogen-bond acceptors (Lipinski definition) is 3. The lowest BCUT2D eigenvalue weighted by molar-refractivity contribution is -0.122. The summed E-state index contributed by atoms with van der Waals surface area (Å²) in [4.78, 5) is 16.8. The first-order valence-corrected chi connectivity index (χ1v) is 3.42. The van der Waals surface area contributed by atoms with Crippen LogP contribution in [0.3, 0.4) is 0 Å². The minimum Gasteiger partial charge on any atom is -0.292 e. The fourth-order valence-electron chi connectivity index (χ4n) is 1.35. The topological polar surface area (TPSA) is 44.7 Å². The molecule has 1 fully saturated rings. The highest BCUT2D eigenvalue weighted by molar-refractivity contribution is 5.91. The van der Waals surface area contributed by atoms with Crippen LogP contribution in [0.1, 0.15) is 0 Å². The molecule has 2 heterocycles. The highest BCUT2D eigenvalue weighted by atomic mass is 16.2. The zero-order chi connectivity index (χ0) is 6.97. The van der Waals surface area contributed by atoms with Gasteiger partial charge in [-0.25, -0.2) is 4.99 Å². The molecule has 54 valence electrons. The Morgan fingerprint density at radius 2 is 2.70 bits per heavy atom. The number of carbonyl (C=O) groups is 1. The molecule has 2 rings (SSSR count). The quantitative estimate of drug-likeness (QED) is 0.460. The lowest BCUT2D eigenvalue weighted by Gasteiger charge is -2.21. The van der Waals surface area contributed by atoms with Crippen LogP contribution < -0.4 is 5.32 Å². The van der Waals surface area contributed by atoms with E-state index in [1.165, 1.54) is 0 Å². The number of carbonyl (C=O) groups excluding carboxylic acids is 1. The van der Waals surface area contributed by atoms with Crippen molar-refractivity contribution in [1.82, 2.24) is 10.2 Å². The fraction of sp³-hybridized carbons (Fsp3) is 0.667. The van der Waals surface area contributed by atoms with Crippen molar-refractivity contribution < 1.29 is 4.79 Å². The predicted octanol–water partition coefficient (Wildman–Crippen LogP) is -1.17. The number of amides is 1. The van der Waals surface area contributed by atoms with E-state index in [1.807, 2.05) is 0 Å². The summed E-state index contributed by atoms with van der Waals surface area (Å²) in [6.07, 6.45) is 1.55. The van der Waals surface area contributed by atoms with Gasteiger partial charge in [-0.1, -0.05) is 0 Å². The first-order valence-electron chi connectivity index (χ1n) is 3.42. The predicted molar refractivity (Wildman–Crippen MR) is 36.9 cm³/mol. The summed E-state index contributed by atoms with van der Waals surface area (Å²) >= 11 is 0. The number of fused-ring (bicyclic) bond motifs is 1. The first kappa shape index (κ1) is 6.00. The summed E-state index contributed by atoms with van der Waals surface area (Å²) in [6, 6.07) is 0. The Kier molecular flexibility index (Phi) is 1.28. The first-order chi connectivity index (χ1) is 4.88. The van der Waals surface area contributed by atoms with E-state index >= 15 is 0 Å². The summed E-state index contributed by atoms with van der Waals surface area (Å²) < 4.78 is 0. The van der Waals surface area contributed by atoms with Gasteiger partial charge in [0.25, 0.3) is 5.91 Å². The summed E-state index contributed by atoms with van der Waals surface area (Å²) in [5.41, 5.74) is 0. The Morgan fingerprint density at radius 1 is 1.80 bits per heavy atom. The van der Waals surface area contributed by atoms with Crippen molar-refractivity contribution in [2.45, 2.75) is 6.17 Å². The second-order valence-electron chi connectivity index (χ2n) is 2.50. The molecule has 4 heteroatoms. The lowest BCUT2D eigenvalue weighted by atomic mass is 10.4. The molecule has 0 spiro atoms. The van der Waals surface area contributed by atoms with Crippen LogP contribution in [0.25, 0.3) is 0 Å². The fourth-order valence-corrected chi connectivity index (χ4v) is 1.35. The van der Waals surface area contributed by atoms with Gasteiger partial charge in [0.1, 0.15) is 6.17 Å². The van der Waals surface area contributed by atoms with E-state index in [4.69, 9.17) is 0 Å². The lowest BCUT2D eigenvalue weighted by Crippen LogP contribution is -2.45. The molecule has 1 saturated heterocycles. The highest BCUT2D eigenvalue weighted by Gasteiger charge is 2.31. The molecule has 10 heavy (non-hydrogen) atoms. The van der Waals surface area contributed by atoms with Crippen molar-refractivity contribution in [3.05, 3.63) is 0 Å². The monoisotopic (exact) mass is 139 g/mol. The standard InChI is InChI=1S/C6H9N3O/c10-6-5-7-1-3-9(5)4-2-8-6/h2,5,7H,1,3-4H2. The molecule has 0 radical (unpaired) electrons. The Labute approximate surface area is 58.9 Å². The molecule has 4 nitrogen and oxygen atoms in total. The molecule has 0 bridgehead atoms. The number of rotatable bonds is 0. The molecule has 1 amide bonds. The van der Waals surface area contributed by atoms with E-state index in [1.54, 1.807) is 6.21 Å². The van der Waals surface area contributed by atoms with Crippen molar-refractivity contribution >= 4 is 12.1 Å². The molecule has 0 saturated carbocycles. The number of aliphatic imine (C=N–C) groups is 1. The second-order valence-corrected chi connectivity index (χ2v) is 2.50. The Hall–Kier alpha value is -0.740. The normalized spacial score (nSPS) is 32.8. The third-order valence-corrected chi connectivity index (χ3v) is 1.87. The molecule has 2 aliphatic heterocycles. The third-order valence-electron chi connectivity index (χ3n) is 1.87. The molecule has 0 aromatic heterocycles. The van der Waals surface area contributed by atoms with E-state index in [2.05, 4.69) is 15.2 Å². The summed E-state index contributed by atoms with van der Waals surface area (Å²) in [5, 5.41) is 3.07. The maximum absolute atomic E-state index is 11.0. The van der Waals surface area contributed by atoms with Gasteiger partial charge in [0.2, 0.25) is 0 Å². The number of hydrogen-bond donors (Lipinski definition) is 1. The van der Waals surface area contributed by atoms with E-state index in [-0.39, 0.29) is 12.1 Å². The van der Waals surface area contributed by atoms with Gasteiger partial charge in [-0.2, -0.15) is 0 Å². The molecular weight excluding hydrogens is 130 g/mol. The van der Waals surface area contributed by atoms with Crippen molar-refractivity contribution in [3.63, 3.8) is 0 Å². The summed E-state index contributed by atoms with van der Waals surface area (Å²) in [5.74, 6) is -0.0521. The number of nitrogens with zero attached hydrogens (tertiary/aromatic N) is 2. The van der Waals surface area contributed by atoms with Gasteiger partial charge in [0.05, 0.1) is 0 Å². The smallest absolute Gasteiger partial charge is 0.277 e. The summed E-state index contributed by atoms with van der Waals surface area (Å²) in [7, 11) is 0. The maximum Gasteiger partial charge on any atom is 0.277 e. The summed E-state index contributed by atoms with van der Waals surface area (Å²) in [6.45, 7) is 2.67. The van der Waals surface area contributed by atoms with Gasteiger partial charge in [-0.05, 0) is 0 Å². The van der Waals surface area contributed by atoms with Crippen LogP contribution in [0.4, 0.5) is 0 Å². The molecule has 2 aliphatic rings. The van der Waals surface area contributed by atoms with E-state index in [9.17, 15) is 4.79 Å². The Morgan fingerprint density at radius 3 is 3.50 bits per heavy atom. The van der Waals surface area contributed by atoms with Gasteiger partial charge < -0.3 is 0 Å². The van der Waals surface area contributed by atoms with Crippen LogP contribution in [0.2, 0.25) is 0 Å². The van der Waals surface area contributed by atoms with E-state index < -0.39 is 0 Å². The van der Waals surface area contributed by atoms with Gasteiger partial charge >= 0.3 is 0 Å². The minimum atomic E-state index is -0.120. The molecule has 0 aromatic rings. The van der Waals surface area contributed by atoms with Gasteiger partial charge in [0.15, 0.2) is 0 Å². The number of nitrogens with one attached hydrogen (secondary N) is 1. The van der Waals surface area contributed by atoms with Crippen molar-refractivity contribution in [2.75, 3.05) is 19.6 Å². The van der Waals surface area contributed by atoms with Gasteiger partial charge in [0, 0.05) is 25.8 Å². The molecule has 1 N–H and O–H groups in total. The van der Waals surface area contributed by atoms with Crippen LogP contribution in [0.15, 0.2) is 4.99 Å². The van der Waals surface area contributed by atoms with Crippen LogP contribution >= 0.6 is 0 Å².